The van der Waals surface area contributed by atoms with Gasteiger partial charge in [0.2, 0.25) is 5.88 Å². The number of benzene rings is 1. The van der Waals surface area contributed by atoms with Crippen LogP contribution in [0, 0.1) is 0 Å². The molecule has 3 heterocycles. The Morgan fingerprint density at radius 3 is 2.77 bits per heavy atom. The topological polar surface area (TPSA) is 68.5 Å². The minimum absolute atomic E-state index is 0.286. The molecule has 3 aromatic heterocycles. The molecule has 0 saturated carbocycles. The minimum Gasteiger partial charge on any atom is -0.480 e. The number of hydrogen-bond acceptors (Lipinski definition) is 4. The summed E-state index contributed by atoms with van der Waals surface area (Å²) in [5, 5.41) is 2.94. The summed E-state index contributed by atoms with van der Waals surface area (Å²) in [5.41, 5.74) is 3.52. The highest BCUT2D eigenvalue weighted by Gasteiger charge is 2.16. The molecule has 0 fully saturated rings. The van der Waals surface area contributed by atoms with Crippen molar-refractivity contribution in [3.63, 3.8) is 0 Å². The SMILES string of the molecule is COc1ncccc1C(=O)Nc1ccccc1-c1cn2ccccc2n1. The minimum atomic E-state index is -0.286. The molecular weight excluding hydrogens is 328 g/mol. The third-order valence-corrected chi connectivity index (χ3v) is 4.02. The molecule has 1 aromatic carbocycles. The van der Waals surface area contributed by atoms with E-state index in [2.05, 4.69) is 15.3 Å². The van der Waals surface area contributed by atoms with Crippen molar-refractivity contribution in [2.24, 2.45) is 0 Å². The standard InChI is InChI=1S/C20H16N4O2/c1-26-20-15(8-6-11-21-20)19(25)23-16-9-3-2-7-14(16)17-13-24-12-5-4-10-18(24)22-17/h2-13H,1H3,(H,23,25). The summed E-state index contributed by atoms with van der Waals surface area (Å²) in [6.45, 7) is 0. The van der Waals surface area contributed by atoms with Gasteiger partial charge in [-0.15, -0.1) is 0 Å². The van der Waals surface area contributed by atoms with E-state index in [-0.39, 0.29) is 11.8 Å². The molecule has 1 N–H and O–H groups in total. The number of hydrogen-bond donors (Lipinski definition) is 1. The van der Waals surface area contributed by atoms with Crippen LogP contribution in [0.1, 0.15) is 10.4 Å². The highest BCUT2D eigenvalue weighted by Crippen LogP contribution is 2.28. The van der Waals surface area contributed by atoms with Crippen LogP contribution < -0.4 is 10.1 Å². The number of ether oxygens (including phenoxy) is 1. The van der Waals surface area contributed by atoms with E-state index in [0.717, 1.165) is 16.9 Å². The summed E-state index contributed by atoms with van der Waals surface area (Å²) in [6, 6.07) is 16.8. The zero-order valence-electron chi connectivity index (χ0n) is 14.1. The average Bonchev–Trinajstić information content (AvgIpc) is 3.12. The van der Waals surface area contributed by atoms with Crippen LogP contribution >= 0.6 is 0 Å². The number of methoxy groups -OCH3 is 1. The van der Waals surface area contributed by atoms with Crippen molar-refractivity contribution in [3.8, 4) is 17.1 Å². The molecule has 26 heavy (non-hydrogen) atoms. The zero-order chi connectivity index (χ0) is 17.9. The van der Waals surface area contributed by atoms with E-state index in [1.54, 1.807) is 18.3 Å². The Morgan fingerprint density at radius 2 is 1.92 bits per heavy atom. The number of fused-ring (bicyclic) bond motifs is 1. The van der Waals surface area contributed by atoms with Gasteiger partial charge < -0.3 is 14.5 Å². The second-order valence-corrected chi connectivity index (χ2v) is 5.65. The smallest absolute Gasteiger partial charge is 0.261 e. The molecule has 4 aromatic rings. The maximum Gasteiger partial charge on any atom is 0.261 e. The van der Waals surface area contributed by atoms with Crippen LogP contribution in [0.3, 0.4) is 0 Å². The number of amides is 1. The first-order valence-corrected chi connectivity index (χ1v) is 8.10. The quantitative estimate of drug-likeness (QED) is 0.613. The number of carbonyl (C=O) groups excluding carboxylic acids is 1. The van der Waals surface area contributed by atoms with Gasteiger partial charge in [-0.1, -0.05) is 24.3 Å². The van der Waals surface area contributed by atoms with Gasteiger partial charge in [-0.05, 0) is 30.3 Å². The molecule has 0 unspecified atom stereocenters. The molecule has 0 aliphatic rings. The highest BCUT2D eigenvalue weighted by molar-refractivity contribution is 6.07. The van der Waals surface area contributed by atoms with Crippen molar-refractivity contribution in [1.82, 2.24) is 14.4 Å². The number of aromatic nitrogens is 3. The van der Waals surface area contributed by atoms with E-state index in [1.165, 1.54) is 7.11 Å². The molecule has 1 amide bonds. The highest BCUT2D eigenvalue weighted by atomic mass is 16.5. The van der Waals surface area contributed by atoms with Gasteiger partial charge in [0, 0.05) is 24.2 Å². The average molecular weight is 344 g/mol. The summed E-state index contributed by atoms with van der Waals surface area (Å²) in [5.74, 6) is 0.00127. The largest absolute Gasteiger partial charge is 0.480 e. The summed E-state index contributed by atoms with van der Waals surface area (Å²) >= 11 is 0. The van der Waals surface area contributed by atoms with E-state index >= 15 is 0 Å². The molecule has 0 aliphatic carbocycles. The predicted octanol–water partition coefficient (Wildman–Crippen LogP) is 3.66. The maximum absolute atomic E-state index is 12.7. The molecule has 0 saturated heterocycles. The lowest BCUT2D eigenvalue weighted by molar-refractivity contribution is 0.102. The Morgan fingerprint density at radius 1 is 1.08 bits per heavy atom. The van der Waals surface area contributed by atoms with Gasteiger partial charge in [-0.25, -0.2) is 9.97 Å². The van der Waals surface area contributed by atoms with Gasteiger partial charge in [0.25, 0.3) is 5.91 Å². The van der Waals surface area contributed by atoms with Crippen LogP contribution in [0.25, 0.3) is 16.9 Å². The summed E-state index contributed by atoms with van der Waals surface area (Å²) in [7, 11) is 1.49. The van der Waals surface area contributed by atoms with Crippen LogP contribution in [0.15, 0.2) is 73.2 Å². The summed E-state index contributed by atoms with van der Waals surface area (Å²) < 4.78 is 7.11. The molecule has 6 heteroatoms. The predicted molar refractivity (Wildman–Crippen MR) is 99.4 cm³/mol. The number of pyridine rings is 2. The van der Waals surface area contributed by atoms with Crippen LogP contribution in [0.5, 0.6) is 5.88 Å². The van der Waals surface area contributed by atoms with Crippen molar-refractivity contribution < 1.29 is 9.53 Å². The first-order valence-electron chi connectivity index (χ1n) is 8.10. The maximum atomic E-state index is 12.7. The molecule has 0 spiro atoms. The number of imidazole rings is 1. The van der Waals surface area contributed by atoms with E-state index < -0.39 is 0 Å². The molecule has 128 valence electrons. The zero-order valence-corrected chi connectivity index (χ0v) is 14.1. The summed E-state index contributed by atoms with van der Waals surface area (Å²) in [6.07, 6.45) is 5.46. The van der Waals surface area contributed by atoms with Crippen LogP contribution in [-0.2, 0) is 0 Å². The Kier molecular flexibility index (Phi) is 4.07. The Hall–Kier alpha value is -3.67. The Labute approximate surface area is 150 Å². The molecule has 4 rings (SSSR count). The normalized spacial score (nSPS) is 10.7. The third kappa shape index (κ3) is 2.88. The first-order chi connectivity index (χ1) is 12.8. The molecule has 0 aliphatic heterocycles. The second kappa shape index (κ2) is 6.68. The molecule has 0 radical (unpaired) electrons. The first kappa shape index (κ1) is 15.8. The van der Waals surface area contributed by atoms with Gasteiger partial charge in [0.05, 0.1) is 18.5 Å². The van der Waals surface area contributed by atoms with Crippen LogP contribution in [0.4, 0.5) is 5.69 Å². The van der Waals surface area contributed by atoms with Crippen molar-refractivity contribution >= 4 is 17.2 Å². The van der Waals surface area contributed by atoms with E-state index in [0.29, 0.717) is 11.3 Å². The van der Waals surface area contributed by atoms with Gasteiger partial charge in [0.1, 0.15) is 11.2 Å². The second-order valence-electron chi connectivity index (χ2n) is 5.65. The third-order valence-electron chi connectivity index (χ3n) is 4.02. The van der Waals surface area contributed by atoms with Crippen molar-refractivity contribution in [2.75, 3.05) is 12.4 Å². The van der Waals surface area contributed by atoms with Crippen LogP contribution in [-0.4, -0.2) is 27.4 Å². The fourth-order valence-electron chi connectivity index (χ4n) is 2.80. The molecular formula is C20H16N4O2. The Balaban J connectivity index is 1.71. The summed E-state index contributed by atoms with van der Waals surface area (Å²) in [4.78, 5) is 21.4. The number of carbonyl (C=O) groups is 1. The van der Waals surface area contributed by atoms with Gasteiger partial charge >= 0.3 is 0 Å². The molecule has 0 atom stereocenters. The lowest BCUT2D eigenvalue weighted by atomic mass is 10.1. The lowest BCUT2D eigenvalue weighted by Crippen LogP contribution is -2.14. The van der Waals surface area contributed by atoms with Crippen LogP contribution in [0.2, 0.25) is 0 Å². The number of nitrogens with one attached hydrogen (secondary N) is 1. The van der Waals surface area contributed by atoms with Gasteiger partial charge in [0.15, 0.2) is 0 Å². The Bertz CT molecular complexity index is 1050. The molecule has 6 nitrogen and oxygen atoms in total. The molecule has 0 bridgehead atoms. The van der Waals surface area contributed by atoms with Gasteiger partial charge in [-0.2, -0.15) is 0 Å². The van der Waals surface area contributed by atoms with E-state index in [9.17, 15) is 4.79 Å². The number of nitrogens with zero attached hydrogens (tertiary/aromatic N) is 3. The monoisotopic (exact) mass is 344 g/mol. The van der Waals surface area contributed by atoms with E-state index in [1.807, 2.05) is 59.3 Å². The number of rotatable bonds is 4. The fourth-order valence-corrected chi connectivity index (χ4v) is 2.80. The number of para-hydroxylation sites is 1. The van der Waals surface area contributed by atoms with Crippen molar-refractivity contribution in [1.29, 1.82) is 0 Å². The van der Waals surface area contributed by atoms with E-state index in [4.69, 9.17) is 4.74 Å². The van der Waals surface area contributed by atoms with Crippen molar-refractivity contribution in [2.45, 2.75) is 0 Å². The lowest BCUT2D eigenvalue weighted by Gasteiger charge is -2.11. The van der Waals surface area contributed by atoms with Crippen molar-refractivity contribution in [3.05, 3.63) is 78.8 Å². The van der Waals surface area contributed by atoms with Gasteiger partial charge in [-0.3, -0.25) is 4.79 Å². The fraction of sp³-hybridized carbons (Fsp3) is 0.0500. The number of anilines is 1.